The van der Waals surface area contributed by atoms with Crippen molar-refractivity contribution in [1.82, 2.24) is 4.90 Å². The zero-order chi connectivity index (χ0) is 20.1. The van der Waals surface area contributed by atoms with Gasteiger partial charge in [-0.15, -0.1) is 0 Å². The van der Waals surface area contributed by atoms with Gasteiger partial charge in [-0.25, -0.2) is 0 Å². The zero-order valence-corrected chi connectivity index (χ0v) is 16.9. The van der Waals surface area contributed by atoms with Crippen LogP contribution in [0.4, 0.5) is 11.4 Å². The molecule has 5 heteroatoms. The van der Waals surface area contributed by atoms with Gasteiger partial charge in [-0.3, -0.25) is 9.59 Å². The van der Waals surface area contributed by atoms with Gasteiger partial charge in [0, 0.05) is 51.4 Å². The molecule has 0 aromatic heterocycles. The van der Waals surface area contributed by atoms with E-state index in [1.165, 1.54) is 0 Å². The van der Waals surface area contributed by atoms with E-state index in [1.807, 2.05) is 72.4 Å². The lowest BCUT2D eigenvalue weighted by atomic mass is 9.85. The maximum absolute atomic E-state index is 12.3. The second-order valence-corrected chi connectivity index (χ2v) is 7.72. The van der Waals surface area contributed by atoms with E-state index >= 15 is 0 Å². The van der Waals surface area contributed by atoms with Crippen LogP contribution in [0.1, 0.15) is 37.3 Å². The van der Waals surface area contributed by atoms with Crippen molar-refractivity contribution >= 4 is 23.2 Å². The third-order valence-electron chi connectivity index (χ3n) is 5.33. The molecule has 0 heterocycles. The zero-order valence-electron chi connectivity index (χ0n) is 16.9. The van der Waals surface area contributed by atoms with Crippen molar-refractivity contribution in [3.8, 4) is 0 Å². The van der Waals surface area contributed by atoms with Crippen molar-refractivity contribution in [2.45, 2.75) is 39.3 Å². The Balaban J connectivity index is 1.81. The second-order valence-electron chi connectivity index (χ2n) is 7.72. The predicted octanol–water partition coefficient (Wildman–Crippen LogP) is 4.04. The van der Waals surface area contributed by atoms with Crippen molar-refractivity contribution in [3.05, 3.63) is 59.7 Å². The van der Waals surface area contributed by atoms with Crippen molar-refractivity contribution in [2.75, 3.05) is 24.3 Å². The summed E-state index contributed by atoms with van der Waals surface area (Å²) in [6, 6.07) is 15.9. The Kier molecular flexibility index (Phi) is 6.34. The van der Waals surface area contributed by atoms with Gasteiger partial charge < -0.3 is 15.1 Å². The first-order valence-corrected chi connectivity index (χ1v) is 9.84. The minimum atomic E-state index is 0.0254. The molecule has 0 aliphatic heterocycles. The number of amides is 2. The Morgan fingerprint density at radius 3 is 2.32 bits per heavy atom. The van der Waals surface area contributed by atoms with Gasteiger partial charge in [-0.1, -0.05) is 36.8 Å². The van der Waals surface area contributed by atoms with Gasteiger partial charge in [0.05, 0.1) is 0 Å². The van der Waals surface area contributed by atoms with Crippen LogP contribution in [0.3, 0.4) is 0 Å². The SMILES string of the molecule is CC(=O)N(Cc1ccccc1)Cc1cc(NC(=O)C2CCC2)ccc1N(C)C. The average molecular weight is 380 g/mol. The first-order chi connectivity index (χ1) is 13.4. The van der Waals surface area contributed by atoms with E-state index in [-0.39, 0.29) is 17.7 Å². The molecule has 1 N–H and O–H groups in total. The summed E-state index contributed by atoms with van der Waals surface area (Å²) < 4.78 is 0. The molecule has 1 aliphatic rings. The molecule has 0 saturated heterocycles. The number of hydrogen-bond acceptors (Lipinski definition) is 3. The Bertz CT molecular complexity index is 829. The van der Waals surface area contributed by atoms with E-state index in [4.69, 9.17) is 0 Å². The van der Waals surface area contributed by atoms with Crippen LogP contribution in [0, 0.1) is 5.92 Å². The molecular weight excluding hydrogens is 350 g/mol. The highest BCUT2D eigenvalue weighted by Gasteiger charge is 2.25. The molecule has 0 atom stereocenters. The van der Waals surface area contributed by atoms with Crippen molar-refractivity contribution in [2.24, 2.45) is 5.92 Å². The van der Waals surface area contributed by atoms with Gasteiger partial charge in [0.2, 0.25) is 11.8 Å². The smallest absolute Gasteiger partial charge is 0.227 e. The first-order valence-electron chi connectivity index (χ1n) is 9.84. The molecule has 0 bridgehead atoms. The van der Waals surface area contributed by atoms with E-state index in [1.54, 1.807) is 6.92 Å². The molecule has 1 fully saturated rings. The lowest BCUT2D eigenvalue weighted by Gasteiger charge is -2.27. The standard InChI is InChI=1S/C23H29N3O2/c1-17(27)26(15-18-8-5-4-6-9-18)16-20-14-21(12-13-22(20)25(2)3)24-23(28)19-10-7-11-19/h4-6,8-9,12-14,19H,7,10-11,15-16H2,1-3H3,(H,24,28). The van der Waals surface area contributed by atoms with E-state index in [9.17, 15) is 9.59 Å². The molecule has 2 aromatic carbocycles. The molecule has 1 aliphatic carbocycles. The third-order valence-corrected chi connectivity index (χ3v) is 5.33. The summed E-state index contributed by atoms with van der Waals surface area (Å²) >= 11 is 0. The van der Waals surface area contributed by atoms with Crippen LogP contribution in [-0.2, 0) is 22.7 Å². The van der Waals surface area contributed by atoms with E-state index in [0.29, 0.717) is 13.1 Å². The fraction of sp³-hybridized carbons (Fsp3) is 0.391. The Morgan fingerprint density at radius 1 is 1.04 bits per heavy atom. The van der Waals surface area contributed by atoms with E-state index < -0.39 is 0 Å². The maximum Gasteiger partial charge on any atom is 0.227 e. The fourth-order valence-electron chi connectivity index (χ4n) is 3.43. The minimum absolute atomic E-state index is 0.0254. The third kappa shape index (κ3) is 4.91. The molecule has 3 rings (SSSR count). The summed E-state index contributed by atoms with van der Waals surface area (Å²) in [5, 5.41) is 3.04. The largest absolute Gasteiger partial charge is 0.377 e. The predicted molar refractivity (Wildman–Crippen MR) is 113 cm³/mol. The summed E-state index contributed by atoms with van der Waals surface area (Å²) in [6.07, 6.45) is 3.09. The summed E-state index contributed by atoms with van der Waals surface area (Å²) in [5.41, 5.74) is 3.95. The Morgan fingerprint density at radius 2 is 1.75 bits per heavy atom. The molecule has 0 spiro atoms. The van der Waals surface area contributed by atoms with Gasteiger partial charge in [-0.2, -0.15) is 0 Å². The van der Waals surface area contributed by atoms with Crippen LogP contribution < -0.4 is 10.2 Å². The number of anilines is 2. The number of carbonyl (C=O) groups excluding carboxylic acids is 2. The van der Waals surface area contributed by atoms with Crippen LogP contribution in [0.2, 0.25) is 0 Å². The molecule has 2 amide bonds. The van der Waals surface area contributed by atoms with Crippen molar-refractivity contribution in [3.63, 3.8) is 0 Å². The summed E-state index contributed by atoms with van der Waals surface area (Å²) in [6.45, 7) is 2.65. The van der Waals surface area contributed by atoms with Crippen LogP contribution in [-0.4, -0.2) is 30.8 Å². The highest BCUT2D eigenvalue weighted by Crippen LogP contribution is 2.29. The number of carbonyl (C=O) groups is 2. The topological polar surface area (TPSA) is 52.7 Å². The van der Waals surface area contributed by atoms with Gasteiger partial charge in [-0.05, 0) is 42.2 Å². The lowest BCUT2D eigenvalue weighted by molar-refractivity contribution is -0.130. The Hall–Kier alpha value is -2.82. The van der Waals surface area contributed by atoms with Gasteiger partial charge in [0.1, 0.15) is 0 Å². The van der Waals surface area contributed by atoms with Crippen LogP contribution in [0.15, 0.2) is 48.5 Å². The van der Waals surface area contributed by atoms with Gasteiger partial charge in [0.15, 0.2) is 0 Å². The maximum atomic E-state index is 12.3. The van der Waals surface area contributed by atoms with Gasteiger partial charge >= 0.3 is 0 Å². The molecule has 5 nitrogen and oxygen atoms in total. The average Bonchev–Trinajstić information content (AvgIpc) is 2.60. The van der Waals surface area contributed by atoms with Gasteiger partial charge in [0.25, 0.3) is 0 Å². The molecule has 28 heavy (non-hydrogen) atoms. The number of benzene rings is 2. The highest BCUT2D eigenvalue weighted by atomic mass is 16.2. The highest BCUT2D eigenvalue weighted by molar-refractivity contribution is 5.93. The normalized spacial score (nSPS) is 13.5. The van der Waals surface area contributed by atoms with E-state index in [0.717, 1.165) is 41.8 Å². The van der Waals surface area contributed by atoms with E-state index in [2.05, 4.69) is 5.32 Å². The number of nitrogens with one attached hydrogen (secondary N) is 1. The molecule has 0 radical (unpaired) electrons. The molecule has 0 unspecified atom stereocenters. The molecular formula is C23H29N3O2. The lowest BCUT2D eigenvalue weighted by Crippen LogP contribution is -2.29. The first kappa shape index (κ1) is 19.9. The monoisotopic (exact) mass is 379 g/mol. The summed E-state index contributed by atoms with van der Waals surface area (Å²) in [4.78, 5) is 28.4. The van der Waals surface area contributed by atoms with Crippen LogP contribution >= 0.6 is 0 Å². The summed E-state index contributed by atoms with van der Waals surface area (Å²) in [7, 11) is 3.97. The van der Waals surface area contributed by atoms with Crippen molar-refractivity contribution < 1.29 is 9.59 Å². The minimum Gasteiger partial charge on any atom is -0.377 e. The van der Waals surface area contributed by atoms with Crippen LogP contribution in [0.5, 0.6) is 0 Å². The van der Waals surface area contributed by atoms with Crippen molar-refractivity contribution in [1.29, 1.82) is 0 Å². The molecule has 1 saturated carbocycles. The number of nitrogens with zero attached hydrogens (tertiary/aromatic N) is 2. The molecule has 148 valence electrons. The fourth-order valence-corrected chi connectivity index (χ4v) is 3.43. The quantitative estimate of drug-likeness (QED) is 0.790. The van der Waals surface area contributed by atoms with Crippen LogP contribution in [0.25, 0.3) is 0 Å². The number of rotatable bonds is 7. The second kappa shape index (κ2) is 8.91. The Labute approximate surface area is 167 Å². The number of hydrogen-bond donors (Lipinski definition) is 1. The summed E-state index contributed by atoms with van der Waals surface area (Å²) in [5.74, 6) is 0.267. The molecule has 2 aromatic rings.